The van der Waals surface area contributed by atoms with Crippen LogP contribution in [-0.2, 0) is 12.8 Å². The predicted octanol–water partition coefficient (Wildman–Crippen LogP) is 5.33. The van der Waals surface area contributed by atoms with E-state index in [4.69, 9.17) is 16.2 Å². The van der Waals surface area contributed by atoms with Crippen molar-refractivity contribution < 1.29 is 9.59 Å². The number of nitrogens with two attached hydrogens (primary N) is 1. The highest BCUT2D eigenvalue weighted by Crippen LogP contribution is 2.38. The molecule has 1 aliphatic carbocycles. The SMILES string of the molecule is CC(C)(C)C1CCc2nc3sc(C(=O)N[C@H](CN=[N+]=[N-])c4ccc(C(N)=O)cc4)cc3cc2C1. The Balaban J connectivity index is 1.57. The summed E-state index contributed by atoms with van der Waals surface area (Å²) in [5.41, 5.74) is 17.8. The number of nitrogens with zero attached hydrogens (tertiary/aromatic N) is 4. The van der Waals surface area contributed by atoms with Crippen molar-refractivity contribution in [2.75, 3.05) is 6.54 Å². The number of primary amides is 1. The maximum absolute atomic E-state index is 13.1. The van der Waals surface area contributed by atoms with Gasteiger partial charge in [0.15, 0.2) is 0 Å². The van der Waals surface area contributed by atoms with Gasteiger partial charge < -0.3 is 11.1 Å². The summed E-state index contributed by atoms with van der Waals surface area (Å²) in [4.78, 5) is 33.6. The van der Waals surface area contributed by atoms with Crippen molar-refractivity contribution >= 4 is 33.4 Å². The minimum Gasteiger partial charge on any atom is -0.366 e. The molecule has 8 nitrogen and oxygen atoms in total. The highest BCUT2D eigenvalue weighted by Gasteiger charge is 2.30. The lowest BCUT2D eigenvalue weighted by Crippen LogP contribution is -2.29. The van der Waals surface area contributed by atoms with Crippen molar-refractivity contribution in [3.8, 4) is 0 Å². The Hall–Kier alpha value is -3.42. The molecule has 2 heterocycles. The van der Waals surface area contributed by atoms with E-state index in [1.807, 2.05) is 6.07 Å². The highest BCUT2D eigenvalue weighted by atomic mass is 32.1. The second-order valence-electron chi connectivity index (χ2n) is 9.83. The van der Waals surface area contributed by atoms with Gasteiger partial charge in [-0.15, -0.1) is 11.3 Å². The number of hydrogen-bond acceptors (Lipinski definition) is 5. The van der Waals surface area contributed by atoms with E-state index < -0.39 is 11.9 Å². The molecular formula is C25H28N6O2S. The van der Waals surface area contributed by atoms with E-state index >= 15 is 0 Å². The molecule has 3 aromatic rings. The number of benzene rings is 1. The summed E-state index contributed by atoms with van der Waals surface area (Å²) < 4.78 is 0. The second kappa shape index (κ2) is 9.44. The number of fused-ring (bicyclic) bond motifs is 2. The first-order valence-electron chi connectivity index (χ1n) is 11.3. The van der Waals surface area contributed by atoms with Crippen LogP contribution >= 0.6 is 11.3 Å². The molecule has 0 saturated carbocycles. The van der Waals surface area contributed by atoms with Crippen LogP contribution in [0.25, 0.3) is 20.7 Å². The van der Waals surface area contributed by atoms with E-state index in [0.717, 1.165) is 35.2 Å². The average molecular weight is 477 g/mol. The van der Waals surface area contributed by atoms with Crippen LogP contribution < -0.4 is 11.1 Å². The van der Waals surface area contributed by atoms with E-state index in [-0.39, 0.29) is 17.9 Å². The van der Waals surface area contributed by atoms with Gasteiger partial charge in [0, 0.05) is 21.6 Å². The minimum atomic E-state index is -0.538. The molecular weight excluding hydrogens is 448 g/mol. The molecule has 0 spiro atoms. The van der Waals surface area contributed by atoms with Crippen LogP contribution in [0, 0.1) is 11.3 Å². The number of aromatic nitrogens is 1. The first-order valence-corrected chi connectivity index (χ1v) is 12.1. The maximum atomic E-state index is 13.1. The third-order valence-electron chi connectivity index (χ3n) is 6.55. The lowest BCUT2D eigenvalue weighted by atomic mass is 9.71. The molecule has 0 aliphatic heterocycles. The molecule has 0 bridgehead atoms. The summed E-state index contributed by atoms with van der Waals surface area (Å²) in [7, 11) is 0. The highest BCUT2D eigenvalue weighted by molar-refractivity contribution is 7.20. The van der Waals surface area contributed by atoms with Crippen LogP contribution in [0.4, 0.5) is 0 Å². The van der Waals surface area contributed by atoms with Crippen molar-refractivity contribution in [2.24, 2.45) is 22.2 Å². The number of azide groups is 1. The molecule has 1 aliphatic rings. The zero-order valence-electron chi connectivity index (χ0n) is 19.5. The van der Waals surface area contributed by atoms with Gasteiger partial charge in [-0.1, -0.05) is 38.0 Å². The smallest absolute Gasteiger partial charge is 0.261 e. The van der Waals surface area contributed by atoms with Crippen LogP contribution in [0.5, 0.6) is 0 Å². The quantitative estimate of drug-likeness (QED) is 0.283. The molecule has 176 valence electrons. The standard InChI is InChI=1S/C25H28N6O2S/c1-25(2,3)18-8-9-19-16(11-18)10-17-12-21(34-24(17)30-19)23(33)29-20(13-28-31-27)14-4-6-15(7-5-14)22(26)32/h4-7,10,12,18,20H,8-9,11,13H2,1-3H3,(H2,26,32)(H,29,33)/t18?,20-/m1/s1. The fraction of sp³-hybridized carbons (Fsp3) is 0.400. The van der Waals surface area contributed by atoms with Crippen molar-refractivity contribution in [2.45, 2.75) is 46.1 Å². The molecule has 0 fully saturated rings. The molecule has 3 N–H and O–H groups in total. The number of carbonyl (C=O) groups excluding carboxylic acids is 2. The normalized spacial score (nSPS) is 16.4. The van der Waals surface area contributed by atoms with E-state index in [0.29, 0.717) is 21.9 Å². The number of nitrogens with one attached hydrogen (secondary N) is 1. The third-order valence-corrected chi connectivity index (χ3v) is 7.60. The molecule has 2 aromatic heterocycles. The summed E-state index contributed by atoms with van der Waals surface area (Å²) in [5, 5.41) is 7.57. The fourth-order valence-corrected chi connectivity index (χ4v) is 5.37. The summed E-state index contributed by atoms with van der Waals surface area (Å²) in [6.45, 7) is 6.91. The van der Waals surface area contributed by atoms with Crippen LogP contribution in [0.3, 0.4) is 0 Å². The summed E-state index contributed by atoms with van der Waals surface area (Å²) in [5.74, 6) is -0.176. The minimum absolute atomic E-state index is 0.0454. The molecule has 34 heavy (non-hydrogen) atoms. The lowest BCUT2D eigenvalue weighted by Gasteiger charge is -2.34. The number of pyridine rings is 1. The Labute approximate surface area is 202 Å². The molecule has 2 amide bonds. The maximum Gasteiger partial charge on any atom is 0.261 e. The number of carbonyl (C=O) groups is 2. The molecule has 1 aromatic carbocycles. The number of rotatable bonds is 6. The Morgan fingerprint density at radius 1 is 1.29 bits per heavy atom. The lowest BCUT2D eigenvalue weighted by molar-refractivity contribution is 0.0940. The summed E-state index contributed by atoms with van der Waals surface area (Å²) >= 11 is 1.36. The molecule has 9 heteroatoms. The van der Waals surface area contributed by atoms with Crippen molar-refractivity contribution in [3.05, 3.63) is 74.1 Å². The topological polar surface area (TPSA) is 134 Å². The average Bonchev–Trinajstić information content (AvgIpc) is 3.22. The molecule has 0 radical (unpaired) electrons. The van der Waals surface area contributed by atoms with Gasteiger partial charge in [0.05, 0.1) is 17.5 Å². The molecule has 2 atom stereocenters. The van der Waals surface area contributed by atoms with Crippen molar-refractivity contribution in [3.63, 3.8) is 0 Å². The van der Waals surface area contributed by atoms with Gasteiger partial charge in [-0.25, -0.2) is 4.98 Å². The fourth-order valence-electron chi connectivity index (χ4n) is 4.44. The Kier molecular flexibility index (Phi) is 6.59. The van der Waals surface area contributed by atoms with Crippen LogP contribution in [-0.4, -0.2) is 23.3 Å². The van der Waals surface area contributed by atoms with Crippen molar-refractivity contribution in [1.29, 1.82) is 0 Å². The van der Waals surface area contributed by atoms with Crippen LogP contribution in [0.2, 0.25) is 0 Å². The summed E-state index contributed by atoms with van der Waals surface area (Å²) in [6, 6.07) is 10.1. The summed E-state index contributed by atoms with van der Waals surface area (Å²) in [6.07, 6.45) is 3.10. The van der Waals surface area contributed by atoms with Gasteiger partial charge in [0.1, 0.15) is 4.83 Å². The predicted molar refractivity (Wildman–Crippen MR) is 134 cm³/mol. The zero-order valence-corrected chi connectivity index (χ0v) is 20.4. The first kappa shape index (κ1) is 23.7. The number of hydrogen-bond donors (Lipinski definition) is 2. The van der Waals surface area contributed by atoms with Crippen molar-refractivity contribution in [1.82, 2.24) is 10.3 Å². The van der Waals surface area contributed by atoms with Gasteiger partial charge in [-0.2, -0.15) is 0 Å². The molecule has 1 unspecified atom stereocenters. The van der Waals surface area contributed by atoms with Gasteiger partial charge in [-0.05, 0) is 71.5 Å². The van der Waals surface area contributed by atoms with Gasteiger partial charge in [0.2, 0.25) is 5.91 Å². The van der Waals surface area contributed by atoms with Crippen LogP contribution in [0.15, 0.2) is 41.5 Å². The Morgan fingerprint density at radius 2 is 2.03 bits per heavy atom. The number of aryl methyl sites for hydroxylation is 1. The monoisotopic (exact) mass is 476 g/mol. The van der Waals surface area contributed by atoms with E-state index in [1.54, 1.807) is 24.3 Å². The largest absolute Gasteiger partial charge is 0.366 e. The number of thiophene rings is 1. The van der Waals surface area contributed by atoms with Gasteiger partial charge in [-0.3, -0.25) is 9.59 Å². The molecule has 0 saturated heterocycles. The van der Waals surface area contributed by atoms with E-state index in [2.05, 4.69) is 42.2 Å². The van der Waals surface area contributed by atoms with E-state index in [1.165, 1.54) is 16.9 Å². The zero-order chi connectivity index (χ0) is 24.5. The molecule has 4 rings (SSSR count). The van der Waals surface area contributed by atoms with Crippen LogP contribution in [0.1, 0.15) is 70.1 Å². The van der Waals surface area contributed by atoms with Gasteiger partial charge >= 0.3 is 0 Å². The Morgan fingerprint density at radius 3 is 2.68 bits per heavy atom. The number of amides is 2. The first-order chi connectivity index (χ1) is 16.2. The van der Waals surface area contributed by atoms with Gasteiger partial charge in [0.25, 0.3) is 5.91 Å². The Bertz CT molecular complexity index is 1290. The second-order valence-corrected chi connectivity index (χ2v) is 10.9. The third kappa shape index (κ3) is 5.05. The van der Waals surface area contributed by atoms with E-state index in [9.17, 15) is 9.59 Å².